The van der Waals surface area contributed by atoms with Crippen LogP contribution in [0.4, 0.5) is 0 Å². The first-order valence-electron chi connectivity index (χ1n) is 5.59. The molecule has 84 valence electrons. The third-order valence-electron chi connectivity index (χ3n) is 2.62. The summed E-state index contributed by atoms with van der Waals surface area (Å²) in [5.74, 6) is 0.378. The van der Waals surface area contributed by atoms with E-state index in [4.69, 9.17) is 0 Å². The van der Waals surface area contributed by atoms with Gasteiger partial charge in [0.25, 0.3) is 0 Å². The van der Waals surface area contributed by atoms with Crippen molar-refractivity contribution in [3.8, 4) is 0 Å². The molecule has 0 radical (unpaired) electrons. The summed E-state index contributed by atoms with van der Waals surface area (Å²) in [7, 11) is 0. The van der Waals surface area contributed by atoms with E-state index in [1.54, 1.807) is 0 Å². The Labute approximate surface area is 95.3 Å². The van der Waals surface area contributed by atoms with E-state index in [1.807, 2.05) is 29.2 Å². The highest BCUT2D eigenvalue weighted by Crippen LogP contribution is 2.16. The lowest BCUT2D eigenvalue weighted by atomic mass is 10.0. The number of hydrogen-bond acceptors (Lipinski definition) is 3. The summed E-state index contributed by atoms with van der Waals surface area (Å²) in [6.07, 6.45) is 4.71. The first-order chi connectivity index (χ1) is 7.79. The second-order valence-corrected chi connectivity index (χ2v) is 3.93. The molecule has 0 N–H and O–H groups in total. The molecule has 0 aromatic carbocycles. The van der Waals surface area contributed by atoms with Crippen LogP contribution in [0.25, 0.3) is 0 Å². The van der Waals surface area contributed by atoms with E-state index in [0.717, 1.165) is 24.4 Å². The Bertz CT molecular complexity index is 435. The van der Waals surface area contributed by atoms with Gasteiger partial charge in [0.1, 0.15) is 0 Å². The Morgan fingerprint density at radius 2 is 2.25 bits per heavy atom. The van der Waals surface area contributed by atoms with Gasteiger partial charge < -0.3 is 0 Å². The van der Waals surface area contributed by atoms with Crippen LogP contribution in [0.5, 0.6) is 0 Å². The molecular formula is C12H16N4. The number of aryl methyl sites for hydroxylation is 1. The highest BCUT2D eigenvalue weighted by Gasteiger charge is 2.09. The van der Waals surface area contributed by atoms with Crippen molar-refractivity contribution in [3.05, 3.63) is 42.0 Å². The van der Waals surface area contributed by atoms with Gasteiger partial charge in [0.05, 0.1) is 5.69 Å². The van der Waals surface area contributed by atoms with Crippen molar-refractivity contribution in [2.45, 2.75) is 32.7 Å². The fraction of sp³-hybridized carbons (Fsp3) is 0.417. The fourth-order valence-electron chi connectivity index (χ4n) is 1.67. The summed E-state index contributed by atoms with van der Waals surface area (Å²) < 4.78 is 1.85. The lowest BCUT2D eigenvalue weighted by molar-refractivity contribution is 0.626. The van der Waals surface area contributed by atoms with Crippen molar-refractivity contribution in [2.75, 3.05) is 0 Å². The van der Waals surface area contributed by atoms with Gasteiger partial charge in [-0.15, -0.1) is 5.10 Å². The smallest absolute Gasteiger partial charge is 0.0833 e. The van der Waals surface area contributed by atoms with Gasteiger partial charge in [-0.05, 0) is 19.1 Å². The molecule has 0 fully saturated rings. The van der Waals surface area contributed by atoms with Gasteiger partial charge in [-0.1, -0.05) is 18.2 Å². The molecule has 0 amide bonds. The molecule has 0 saturated carbocycles. The summed E-state index contributed by atoms with van der Waals surface area (Å²) in [4.78, 5) is 4.35. The normalized spacial score (nSPS) is 12.6. The third-order valence-corrected chi connectivity index (χ3v) is 2.62. The minimum absolute atomic E-state index is 0.378. The first-order valence-corrected chi connectivity index (χ1v) is 5.59. The molecule has 0 saturated heterocycles. The highest BCUT2D eigenvalue weighted by molar-refractivity contribution is 5.11. The molecule has 0 aliphatic rings. The van der Waals surface area contributed by atoms with Crippen molar-refractivity contribution >= 4 is 0 Å². The van der Waals surface area contributed by atoms with Gasteiger partial charge in [-0.3, -0.25) is 9.67 Å². The van der Waals surface area contributed by atoms with E-state index in [9.17, 15) is 0 Å². The van der Waals surface area contributed by atoms with Gasteiger partial charge in [0.15, 0.2) is 0 Å². The van der Waals surface area contributed by atoms with Crippen LogP contribution in [0, 0.1) is 0 Å². The fourth-order valence-corrected chi connectivity index (χ4v) is 1.67. The molecule has 0 spiro atoms. The SMILES string of the molecule is CCn1cc(CC(C)c2ccccn2)nn1. The second kappa shape index (κ2) is 4.88. The lowest BCUT2D eigenvalue weighted by Gasteiger charge is -2.07. The average Bonchev–Trinajstić information content (AvgIpc) is 2.78. The van der Waals surface area contributed by atoms with Crippen LogP contribution < -0.4 is 0 Å². The van der Waals surface area contributed by atoms with E-state index in [-0.39, 0.29) is 0 Å². The Morgan fingerprint density at radius 1 is 1.38 bits per heavy atom. The van der Waals surface area contributed by atoms with Crippen LogP contribution in [0.2, 0.25) is 0 Å². The monoisotopic (exact) mass is 216 g/mol. The van der Waals surface area contributed by atoms with Crippen LogP contribution in [0.3, 0.4) is 0 Å². The number of aromatic nitrogens is 4. The quantitative estimate of drug-likeness (QED) is 0.785. The lowest BCUT2D eigenvalue weighted by Crippen LogP contribution is -2.00. The van der Waals surface area contributed by atoms with Gasteiger partial charge in [0.2, 0.25) is 0 Å². The van der Waals surface area contributed by atoms with Gasteiger partial charge in [-0.2, -0.15) is 0 Å². The standard InChI is InChI=1S/C12H16N4/c1-3-16-9-11(14-15-16)8-10(2)12-6-4-5-7-13-12/h4-7,9-10H,3,8H2,1-2H3. The largest absolute Gasteiger partial charge is 0.261 e. The molecule has 2 aromatic heterocycles. The molecule has 16 heavy (non-hydrogen) atoms. The Balaban J connectivity index is 2.05. The minimum atomic E-state index is 0.378. The maximum Gasteiger partial charge on any atom is 0.0833 e. The number of nitrogens with zero attached hydrogens (tertiary/aromatic N) is 4. The molecule has 2 heterocycles. The summed E-state index contributed by atoms with van der Waals surface area (Å²) in [5.41, 5.74) is 2.13. The molecule has 0 aliphatic carbocycles. The van der Waals surface area contributed by atoms with Crippen molar-refractivity contribution < 1.29 is 0 Å². The molecule has 2 aromatic rings. The average molecular weight is 216 g/mol. The van der Waals surface area contributed by atoms with Crippen molar-refractivity contribution in [1.82, 2.24) is 20.0 Å². The molecule has 0 aliphatic heterocycles. The van der Waals surface area contributed by atoms with Crippen LogP contribution >= 0.6 is 0 Å². The zero-order valence-corrected chi connectivity index (χ0v) is 9.67. The van der Waals surface area contributed by atoms with Crippen LogP contribution in [0.1, 0.15) is 31.2 Å². The maximum atomic E-state index is 4.35. The predicted molar refractivity (Wildman–Crippen MR) is 62.1 cm³/mol. The molecular weight excluding hydrogens is 200 g/mol. The Hall–Kier alpha value is -1.71. The second-order valence-electron chi connectivity index (χ2n) is 3.93. The zero-order valence-electron chi connectivity index (χ0n) is 9.67. The van der Waals surface area contributed by atoms with E-state index < -0.39 is 0 Å². The van der Waals surface area contributed by atoms with E-state index in [2.05, 4.69) is 35.2 Å². The zero-order chi connectivity index (χ0) is 11.4. The number of hydrogen-bond donors (Lipinski definition) is 0. The Morgan fingerprint density at radius 3 is 2.88 bits per heavy atom. The number of rotatable bonds is 4. The highest BCUT2D eigenvalue weighted by atomic mass is 15.4. The first kappa shape index (κ1) is 10.8. The molecule has 4 heteroatoms. The third kappa shape index (κ3) is 2.45. The van der Waals surface area contributed by atoms with Gasteiger partial charge in [0, 0.05) is 37.0 Å². The topological polar surface area (TPSA) is 43.6 Å². The summed E-state index contributed by atoms with van der Waals surface area (Å²) in [5, 5.41) is 8.17. The summed E-state index contributed by atoms with van der Waals surface area (Å²) in [6.45, 7) is 5.08. The van der Waals surface area contributed by atoms with Crippen molar-refractivity contribution in [3.63, 3.8) is 0 Å². The number of pyridine rings is 1. The summed E-state index contributed by atoms with van der Waals surface area (Å²) in [6, 6.07) is 6.00. The maximum absolute atomic E-state index is 4.35. The van der Waals surface area contributed by atoms with Crippen LogP contribution in [-0.4, -0.2) is 20.0 Å². The van der Waals surface area contributed by atoms with E-state index in [1.165, 1.54) is 0 Å². The van der Waals surface area contributed by atoms with Gasteiger partial charge in [-0.25, -0.2) is 0 Å². The summed E-state index contributed by atoms with van der Waals surface area (Å²) >= 11 is 0. The molecule has 0 bridgehead atoms. The molecule has 1 unspecified atom stereocenters. The van der Waals surface area contributed by atoms with Gasteiger partial charge >= 0.3 is 0 Å². The molecule has 4 nitrogen and oxygen atoms in total. The molecule has 2 rings (SSSR count). The van der Waals surface area contributed by atoms with E-state index >= 15 is 0 Å². The van der Waals surface area contributed by atoms with Crippen LogP contribution in [0.15, 0.2) is 30.6 Å². The van der Waals surface area contributed by atoms with Crippen molar-refractivity contribution in [1.29, 1.82) is 0 Å². The van der Waals surface area contributed by atoms with E-state index in [0.29, 0.717) is 5.92 Å². The predicted octanol–water partition coefficient (Wildman–Crippen LogP) is 2.04. The molecule has 1 atom stereocenters. The minimum Gasteiger partial charge on any atom is -0.261 e. The van der Waals surface area contributed by atoms with Crippen LogP contribution in [-0.2, 0) is 13.0 Å². The van der Waals surface area contributed by atoms with Crippen molar-refractivity contribution in [2.24, 2.45) is 0 Å². The Kier molecular flexibility index (Phi) is 3.29.